The van der Waals surface area contributed by atoms with E-state index in [4.69, 9.17) is 0 Å². The van der Waals surface area contributed by atoms with E-state index in [1.165, 1.54) is 4.90 Å². The summed E-state index contributed by atoms with van der Waals surface area (Å²) in [5.74, 6) is 1.17. The molecular formula is C22H26N2O3S2. The summed E-state index contributed by atoms with van der Waals surface area (Å²) in [7, 11) is -3.51. The van der Waals surface area contributed by atoms with Gasteiger partial charge in [-0.15, -0.1) is 11.8 Å². The highest BCUT2D eigenvalue weighted by atomic mass is 32.2. The van der Waals surface area contributed by atoms with Crippen LogP contribution in [0.4, 0.5) is 0 Å². The Morgan fingerprint density at radius 3 is 2.62 bits per heavy atom. The number of carbonyl (C=O) groups is 1. The van der Waals surface area contributed by atoms with E-state index in [9.17, 15) is 13.2 Å². The van der Waals surface area contributed by atoms with Crippen molar-refractivity contribution in [1.82, 2.24) is 9.62 Å². The van der Waals surface area contributed by atoms with Crippen LogP contribution in [0.2, 0.25) is 0 Å². The zero-order chi connectivity index (χ0) is 20.4. The number of carbonyl (C=O) groups excluding carboxylic acids is 1. The lowest BCUT2D eigenvalue weighted by molar-refractivity contribution is 0.0935. The maximum atomic E-state index is 12.9. The number of amides is 1. The maximum Gasteiger partial charge on any atom is 0.251 e. The van der Waals surface area contributed by atoms with Gasteiger partial charge in [-0.2, -0.15) is 4.31 Å². The second-order valence-corrected chi connectivity index (χ2v) is 10.9. The molecule has 7 heteroatoms. The number of nitrogens with one attached hydrogen (secondary N) is 1. The third kappa shape index (κ3) is 4.37. The molecule has 0 aromatic heterocycles. The van der Waals surface area contributed by atoms with E-state index in [0.29, 0.717) is 24.6 Å². The predicted molar refractivity (Wildman–Crippen MR) is 116 cm³/mol. The molecule has 0 saturated carbocycles. The highest BCUT2D eigenvalue weighted by molar-refractivity contribution is 7.99. The van der Waals surface area contributed by atoms with E-state index in [1.54, 1.807) is 28.6 Å². The zero-order valence-corrected chi connectivity index (χ0v) is 18.1. The lowest BCUT2D eigenvalue weighted by Gasteiger charge is -2.30. The predicted octanol–water partition coefficient (Wildman–Crippen LogP) is 4.07. The molecule has 1 saturated heterocycles. The third-order valence-electron chi connectivity index (χ3n) is 5.64. The van der Waals surface area contributed by atoms with E-state index in [1.807, 2.05) is 23.9 Å². The number of piperidine rings is 1. The molecule has 1 N–H and O–H groups in total. The monoisotopic (exact) mass is 430 g/mol. The molecule has 2 heterocycles. The first-order valence-electron chi connectivity index (χ1n) is 10.1. The molecule has 0 radical (unpaired) electrons. The zero-order valence-electron chi connectivity index (χ0n) is 16.5. The van der Waals surface area contributed by atoms with Gasteiger partial charge in [-0.3, -0.25) is 4.79 Å². The first-order valence-corrected chi connectivity index (χ1v) is 12.5. The Labute approximate surface area is 176 Å². The minimum Gasteiger partial charge on any atom is -0.345 e. The van der Waals surface area contributed by atoms with Crippen LogP contribution in [-0.4, -0.2) is 37.5 Å². The van der Waals surface area contributed by atoms with Crippen LogP contribution in [0.1, 0.15) is 48.1 Å². The van der Waals surface area contributed by atoms with Crippen LogP contribution in [0.5, 0.6) is 0 Å². The summed E-state index contributed by atoms with van der Waals surface area (Å²) >= 11 is 1.81. The van der Waals surface area contributed by atoms with Crippen molar-refractivity contribution in [3.63, 3.8) is 0 Å². The Morgan fingerprint density at radius 1 is 1.10 bits per heavy atom. The van der Waals surface area contributed by atoms with Crippen LogP contribution in [-0.2, 0) is 10.0 Å². The normalized spacial score (nSPS) is 22.7. The van der Waals surface area contributed by atoms with Crippen molar-refractivity contribution >= 4 is 27.7 Å². The smallest absolute Gasteiger partial charge is 0.251 e. The first-order chi connectivity index (χ1) is 13.9. The van der Waals surface area contributed by atoms with E-state index in [-0.39, 0.29) is 16.8 Å². The highest BCUT2D eigenvalue weighted by Crippen LogP contribution is 2.36. The van der Waals surface area contributed by atoms with Gasteiger partial charge in [-0.05, 0) is 61.1 Å². The van der Waals surface area contributed by atoms with Gasteiger partial charge in [0.05, 0.1) is 10.9 Å². The maximum absolute atomic E-state index is 12.9. The van der Waals surface area contributed by atoms with Gasteiger partial charge in [0, 0.05) is 29.3 Å². The number of rotatable bonds is 4. The number of thioether (sulfide) groups is 1. The van der Waals surface area contributed by atoms with Crippen LogP contribution in [0.3, 0.4) is 0 Å². The minimum absolute atomic E-state index is 0.0156. The molecule has 1 fully saturated rings. The fourth-order valence-corrected chi connectivity index (χ4v) is 6.75. The van der Waals surface area contributed by atoms with Gasteiger partial charge < -0.3 is 5.32 Å². The molecule has 0 spiro atoms. The number of benzene rings is 2. The van der Waals surface area contributed by atoms with E-state index in [2.05, 4.69) is 24.4 Å². The summed E-state index contributed by atoms with van der Waals surface area (Å²) in [5.41, 5.74) is 1.63. The van der Waals surface area contributed by atoms with Crippen molar-refractivity contribution < 1.29 is 13.2 Å². The molecule has 29 heavy (non-hydrogen) atoms. The summed E-state index contributed by atoms with van der Waals surface area (Å²) in [6.07, 6.45) is 2.84. The third-order valence-corrected chi connectivity index (χ3v) is 8.64. The molecule has 2 atom stereocenters. The number of nitrogens with zero attached hydrogens (tertiary/aromatic N) is 1. The van der Waals surface area contributed by atoms with Crippen molar-refractivity contribution in [2.75, 3.05) is 18.8 Å². The summed E-state index contributed by atoms with van der Waals surface area (Å²) in [6.45, 7) is 3.20. The van der Waals surface area contributed by atoms with Crippen LogP contribution in [0, 0.1) is 5.92 Å². The van der Waals surface area contributed by atoms with Gasteiger partial charge in [0.25, 0.3) is 5.91 Å². The molecule has 0 unspecified atom stereocenters. The lowest BCUT2D eigenvalue weighted by atomic mass is 10.0. The first kappa shape index (κ1) is 20.4. The van der Waals surface area contributed by atoms with Crippen molar-refractivity contribution in [1.29, 1.82) is 0 Å². The van der Waals surface area contributed by atoms with Crippen LogP contribution in [0.15, 0.2) is 58.3 Å². The van der Waals surface area contributed by atoms with Crippen molar-refractivity contribution in [3.05, 3.63) is 59.7 Å². The van der Waals surface area contributed by atoms with Gasteiger partial charge in [-0.25, -0.2) is 8.42 Å². The Morgan fingerprint density at radius 2 is 1.86 bits per heavy atom. The Bertz CT molecular complexity index is 989. The van der Waals surface area contributed by atoms with Gasteiger partial charge in [-0.1, -0.05) is 25.1 Å². The Hall–Kier alpha value is -1.83. The van der Waals surface area contributed by atoms with Crippen molar-refractivity contribution in [3.8, 4) is 0 Å². The van der Waals surface area contributed by atoms with E-state index in [0.717, 1.165) is 30.6 Å². The largest absolute Gasteiger partial charge is 0.345 e. The molecule has 5 nitrogen and oxygen atoms in total. The SMILES string of the molecule is C[C@@H]1CCCN(S(=O)(=O)c2ccc(C(=O)N[C@@H]3CCSc4ccccc43)cc2)C1. The fourth-order valence-electron chi connectivity index (χ4n) is 4.03. The summed E-state index contributed by atoms with van der Waals surface area (Å²) in [5, 5.41) is 3.11. The number of hydrogen-bond donors (Lipinski definition) is 1. The van der Waals surface area contributed by atoms with Crippen molar-refractivity contribution in [2.45, 2.75) is 42.0 Å². The summed E-state index contributed by atoms with van der Waals surface area (Å²) < 4.78 is 27.3. The number of hydrogen-bond acceptors (Lipinski definition) is 4. The topological polar surface area (TPSA) is 66.5 Å². The average molecular weight is 431 g/mol. The minimum atomic E-state index is -3.51. The van der Waals surface area contributed by atoms with Gasteiger partial charge >= 0.3 is 0 Å². The van der Waals surface area contributed by atoms with Gasteiger partial charge in [0.2, 0.25) is 10.0 Å². The van der Waals surface area contributed by atoms with Crippen LogP contribution >= 0.6 is 11.8 Å². The van der Waals surface area contributed by atoms with Gasteiger partial charge in [0.1, 0.15) is 0 Å². The quantitative estimate of drug-likeness (QED) is 0.794. The second kappa shape index (κ2) is 8.50. The van der Waals surface area contributed by atoms with E-state index >= 15 is 0 Å². The second-order valence-electron chi connectivity index (χ2n) is 7.84. The highest BCUT2D eigenvalue weighted by Gasteiger charge is 2.29. The molecule has 2 aliphatic heterocycles. The number of sulfonamides is 1. The summed E-state index contributed by atoms with van der Waals surface area (Å²) in [6, 6.07) is 14.4. The standard InChI is InChI=1S/C22H26N2O3S2/c1-16-5-4-13-24(15-16)29(26,27)18-10-8-17(9-11-18)22(25)23-20-12-14-28-21-7-3-2-6-19(20)21/h2-3,6-11,16,20H,4-5,12-15H2,1H3,(H,23,25)/t16-,20-/m1/s1. The molecule has 2 aliphatic rings. The Kier molecular flexibility index (Phi) is 5.99. The van der Waals surface area contributed by atoms with Gasteiger partial charge in [0.15, 0.2) is 0 Å². The molecular weight excluding hydrogens is 404 g/mol. The molecule has 1 amide bonds. The van der Waals surface area contributed by atoms with Crippen LogP contribution < -0.4 is 5.32 Å². The molecule has 2 aromatic rings. The summed E-state index contributed by atoms with van der Waals surface area (Å²) in [4.78, 5) is 14.2. The van der Waals surface area contributed by atoms with Crippen LogP contribution in [0.25, 0.3) is 0 Å². The fraction of sp³-hybridized carbons (Fsp3) is 0.409. The molecule has 154 valence electrons. The lowest BCUT2D eigenvalue weighted by Crippen LogP contribution is -2.39. The molecule has 0 bridgehead atoms. The average Bonchev–Trinajstić information content (AvgIpc) is 2.74. The van der Waals surface area contributed by atoms with Crippen molar-refractivity contribution in [2.24, 2.45) is 5.92 Å². The molecule has 2 aromatic carbocycles. The van der Waals surface area contributed by atoms with E-state index < -0.39 is 10.0 Å². The molecule has 4 rings (SSSR count). The molecule has 0 aliphatic carbocycles. The number of fused-ring (bicyclic) bond motifs is 1. The Balaban J connectivity index is 1.47.